The third-order valence-electron chi connectivity index (χ3n) is 8.43. The van der Waals surface area contributed by atoms with Crippen LogP contribution in [0.2, 0.25) is 0 Å². The Morgan fingerprint density at radius 1 is 1.10 bits per heavy atom. The van der Waals surface area contributed by atoms with E-state index >= 15 is 0 Å². The molecule has 0 radical (unpaired) electrons. The highest BCUT2D eigenvalue weighted by molar-refractivity contribution is 5.99. The first kappa shape index (κ1) is 18.4. The number of ether oxygens (including phenoxy) is 1. The lowest BCUT2D eigenvalue weighted by atomic mass is 9.52. The van der Waals surface area contributed by atoms with Gasteiger partial charge in [0.05, 0.1) is 5.57 Å². The summed E-state index contributed by atoms with van der Waals surface area (Å²) in [6.45, 7) is 2.51. The van der Waals surface area contributed by atoms with Gasteiger partial charge in [-0.1, -0.05) is 31.5 Å². The zero-order chi connectivity index (χ0) is 20.3. The van der Waals surface area contributed by atoms with Crippen LogP contribution in [0.3, 0.4) is 0 Å². The molecule has 0 spiro atoms. The van der Waals surface area contributed by atoms with Gasteiger partial charge in [0.15, 0.2) is 5.78 Å². The summed E-state index contributed by atoms with van der Waals surface area (Å²) < 4.78 is 6.65. The standard InChI is InChI=1S/C27H29NO2/c1-27-13-11-17-15-21-24(29)9-4-10-25(21)30-26(17)23(27)8-3-7-22(27)20-6-2-5-18-16-28-14-12-19(18)20/h2,5-6,12,14-16,22-23,26H,3-4,7-11,13H2,1H3/t22-,23+,26-,27-/m1/s1. The summed E-state index contributed by atoms with van der Waals surface area (Å²) in [6, 6.07) is 8.90. The van der Waals surface area contributed by atoms with Crippen LogP contribution in [0.15, 0.2) is 59.6 Å². The molecule has 0 amide bonds. The van der Waals surface area contributed by atoms with Gasteiger partial charge in [-0.3, -0.25) is 9.78 Å². The fourth-order valence-corrected chi connectivity index (χ4v) is 6.86. The van der Waals surface area contributed by atoms with Crippen molar-refractivity contribution in [2.24, 2.45) is 11.3 Å². The molecule has 154 valence electrons. The number of hydrogen-bond acceptors (Lipinski definition) is 3. The van der Waals surface area contributed by atoms with E-state index in [1.165, 1.54) is 47.6 Å². The van der Waals surface area contributed by atoms with Crippen LogP contribution in [0, 0.1) is 11.3 Å². The van der Waals surface area contributed by atoms with Crippen LogP contribution < -0.4 is 0 Å². The van der Waals surface area contributed by atoms with Gasteiger partial charge in [0.1, 0.15) is 11.9 Å². The Kier molecular flexibility index (Phi) is 4.16. The maximum atomic E-state index is 12.4. The van der Waals surface area contributed by atoms with Crippen molar-refractivity contribution in [3.63, 3.8) is 0 Å². The normalized spacial score (nSPS) is 33.3. The molecule has 6 rings (SSSR count). The molecule has 4 aliphatic rings. The molecule has 3 nitrogen and oxygen atoms in total. The maximum Gasteiger partial charge on any atom is 0.166 e. The van der Waals surface area contributed by atoms with E-state index in [9.17, 15) is 4.79 Å². The number of allylic oxidation sites excluding steroid dienone is 3. The third-order valence-corrected chi connectivity index (χ3v) is 8.43. The van der Waals surface area contributed by atoms with E-state index in [0.717, 1.165) is 30.6 Å². The first-order valence-electron chi connectivity index (χ1n) is 11.6. The largest absolute Gasteiger partial charge is 0.489 e. The summed E-state index contributed by atoms with van der Waals surface area (Å²) in [5, 5.41) is 2.59. The molecular formula is C27H29NO2. The molecule has 1 aliphatic heterocycles. The summed E-state index contributed by atoms with van der Waals surface area (Å²) in [4.78, 5) is 16.8. The highest BCUT2D eigenvalue weighted by atomic mass is 16.5. The van der Waals surface area contributed by atoms with Gasteiger partial charge in [0, 0.05) is 36.5 Å². The quantitative estimate of drug-likeness (QED) is 0.569. The average molecular weight is 400 g/mol. The molecule has 2 aromatic rings. The second-order valence-corrected chi connectivity index (χ2v) is 9.91. The number of ketones is 1. The number of carbonyl (C=O) groups is 1. The van der Waals surface area contributed by atoms with E-state index in [0.29, 0.717) is 18.3 Å². The number of Topliss-reactive ketones (excluding diaryl/α,β-unsaturated/α-hetero) is 1. The summed E-state index contributed by atoms with van der Waals surface area (Å²) in [5.41, 5.74) is 3.95. The minimum atomic E-state index is 0.160. The molecular weight excluding hydrogens is 370 g/mol. The van der Waals surface area contributed by atoms with Crippen molar-refractivity contribution in [3.05, 3.63) is 65.2 Å². The monoisotopic (exact) mass is 399 g/mol. The molecule has 3 heteroatoms. The summed E-state index contributed by atoms with van der Waals surface area (Å²) in [6.07, 6.45) is 14.7. The molecule has 30 heavy (non-hydrogen) atoms. The molecule has 1 aromatic heterocycles. The van der Waals surface area contributed by atoms with Crippen LogP contribution in [0.25, 0.3) is 10.8 Å². The van der Waals surface area contributed by atoms with Gasteiger partial charge >= 0.3 is 0 Å². The van der Waals surface area contributed by atoms with Crippen molar-refractivity contribution >= 4 is 16.6 Å². The van der Waals surface area contributed by atoms with Gasteiger partial charge in [0.25, 0.3) is 0 Å². The molecule has 0 unspecified atom stereocenters. The van der Waals surface area contributed by atoms with Gasteiger partial charge in [-0.2, -0.15) is 0 Å². The fourth-order valence-electron chi connectivity index (χ4n) is 6.86. The predicted octanol–water partition coefficient (Wildman–Crippen LogP) is 6.25. The second-order valence-electron chi connectivity index (χ2n) is 9.91. The SMILES string of the molecule is C[C@]12CCC3=CC4=C(CCCC4=O)O[C@H]3[C@@H]1CCC[C@@H]2c1cccc2cnccc12. The molecule has 0 saturated heterocycles. The topological polar surface area (TPSA) is 39.2 Å². The molecule has 1 aromatic carbocycles. The lowest BCUT2D eigenvalue weighted by molar-refractivity contribution is -0.116. The van der Waals surface area contributed by atoms with Crippen molar-refractivity contribution < 1.29 is 9.53 Å². The number of nitrogens with zero attached hydrogens (tertiary/aromatic N) is 1. The first-order chi connectivity index (χ1) is 14.6. The Bertz CT molecular complexity index is 1090. The van der Waals surface area contributed by atoms with E-state index in [1.807, 2.05) is 12.4 Å². The molecule has 2 heterocycles. The lowest BCUT2D eigenvalue weighted by Gasteiger charge is -2.55. The van der Waals surface area contributed by atoms with Crippen LogP contribution in [-0.2, 0) is 9.53 Å². The number of rotatable bonds is 1. The van der Waals surface area contributed by atoms with E-state index in [1.54, 1.807) is 0 Å². The Labute approximate surface area is 178 Å². The Morgan fingerprint density at radius 2 is 2.03 bits per heavy atom. The van der Waals surface area contributed by atoms with Crippen molar-refractivity contribution in [1.82, 2.24) is 4.98 Å². The summed E-state index contributed by atoms with van der Waals surface area (Å²) >= 11 is 0. The fraction of sp³-hybridized carbons (Fsp3) is 0.481. The molecule has 0 bridgehead atoms. The van der Waals surface area contributed by atoms with E-state index in [4.69, 9.17) is 4.74 Å². The van der Waals surface area contributed by atoms with Gasteiger partial charge in [0.2, 0.25) is 0 Å². The van der Waals surface area contributed by atoms with Crippen LogP contribution in [0.4, 0.5) is 0 Å². The van der Waals surface area contributed by atoms with Crippen molar-refractivity contribution in [1.29, 1.82) is 0 Å². The first-order valence-corrected chi connectivity index (χ1v) is 11.6. The number of pyridine rings is 1. The number of carbonyl (C=O) groups excluding carboxylic acids is 1. The van der Waals surface area contributed by atoms with E-state index < -0.39 is 0 Å². The number of aromatic nitrogens is 1. The Morgan fingerprint density at radius 3 is 2.97 bits per heavy atom. The van der Waals surface area contributed by atoms with Gasteiger partial charge in [-0.15, -0.1) is 0 Å². The van der Waals surface area contributed by atoms with E-state index in [-0.39, 0.29) is 17.3 Å². The van der Waals surface area contributed by atoms with Gasteiger partial charge < -0.3 is 4.74 Å². The van der Waals surface area contributed by atoms with E-state index in [2.05, 4.69) is 42.2 Å². The second kappa shape index (κ2) is 6.80. The highest BCUT2D eigenvalue weighted by Gasteiger charge is 2.53. The van der Waals surface area contributed by atoms with Crippen LogP contribution in [0.1, 0.15) is 69.8 Å². The maximum absolute atomic E-state index is 12.4. The third kappa shape index (κ3) is 2.64. The minimum Gasteiger partial charge on any atom is -0.489 e. The van der Waals surface area contributed by atoms with Crippen LogP contribution >= 0.6 is 0 Å². The smallest absolute Gasteiger partial charge is 0.166 e. The number of benzene rings is 1. The summed E-state index contributed by atoms with van der Waals surface area (Å²) in [5.74, 6) is 2.30. The Hall–Kier alpha value is -2.42. The molecule has 2 saturated carbocycles. The lowest BCUT2D eigenvalue weighted by Crippen LogP contribution is -2.49. The molecule has 4 atom stereocenters. The summed E-state index contributed by atoms with van der Waals surface area (Å²) in [7, 11) is 0. The van der Waals surface area contributed by atoms with Crippen molar-refractivity contribution in [2.45, 2.75) is 70.3 Å². The average Bonchev–Trinajstić information content (AvgIpc) is 2.77. The highest BCUT2D eigenvalue weighted by Crippen LogP contribution is 2.60. The van der Waals surface area contributed by atoms with Crippen molar-refractivity contribution in [2.75, 3.05) is 0 Å². The number of fused-ring (bicyclic) bond motifs is 4. The van der Waals surface area contributed by atoms with Gasteiger partial charge in [-0.05, 0) is 72.1 Å². The molecule has 0 N–H and O–H groups in total. The van der Waals surface area contributed by atoms with Gasteiger partial charge in [-0.25, -0.2) is 0 Å². The van der Waals surface area contributed by atoms with Crippen molar-refractivity contribution in [3.8, 4) is 0 Å². The van der Waals surface area contributed by atoms with Crippen LogP contribution in [-0.4, -0.2) is 16.9 Å². The predicted molar refractivity (Wildman–Crippen MR) is 118 cm³/mol. The minimum absolute atomic E-state index is 0.160. The van der Waals surface area contributed by atoms with Crippen LogP contribution in [0.5, 0.6) is 0 Å². The zero-order valence-corrected chi connectivity index (χ0v) is 17.7. The Balaban J connectivity index is 1.40. The molecule has 2 fully saturated rings. The number of hydrogen-bond donors (Lipinski definition) is 0. The molecule has 3 aliphatic carbocycles. The zero-order valence-electron chi connectivity index (χ0n) is 17.7.